The summed E-state index contributed by atoms with van der Waals surface area (Å²) in [6.45, 7) is 10.5. The first-order chi connectivity index (χ1) is 8.49. The lowest BCUT2D eigenvalue weighted by molar-refractivity contribution is 0.0156. The molecule has 106 valence electrons. The molecule has 3 nitrogen and oxygen atoms in total. The second-order valence-electron chi connectivity index (χ2n) is 5.92. The number of carbonyl (C=O) groups is 1. The van der Waals surface area contributed by atoms with E-state index in [2.05, 4.69) is 20.8 Å². The Kier molecular flexibility index (Phi) is 5.97. The van der Waals surface area contributed by atoms with Crippen LogP contribution in [0.15, 0.2) is 0 Å². The molecule has 1 amide bonds. The monoisotopic (exact) mass is 255 g/mol. The minimum atomic E-state index is -0.109. The smallest absolute Gasteiger partial charge is 0.410 e. The maximum Gasteiger partial charge on any atom is 0.410 e. The van der Waals surface area contributed by atoms with Crippen LogP contribution in [0.4, 0.5) is 4.79 Å². The highest BCUT2D eigenvalue weighted by Crippen LogP contribution is 2.32. The molecule has 1 fully saturated rings. The zero-order valence-electron chi connectivity index (χ0n) is 12.6. The van der Waals surface area contributed by atoms with Crippen molar-refractivity contribution in [3.8, 4) is 0 Å². The van der Waals surface area contributed by atoms with Gasteiger partial charge in [0.1, 0.15) is 0 Å². The largest absolute Gasteiger partial charge is 0.447 e. The molecule has 0 radical (unpaired) electrons. The third-order valence-electron chi connectivity index (χ3n) is 3.78. The predicted octanol–water partition coefficient (Wildman–Crippen LogP) is 4.21. The lowest BCUT2D eigenvalue weighted by Crippen LogP contribution is -2.52. The fraction of sp³-hybridized carbons (Fsp3) is 0.933. The number of hydrogen-bond acceptors (Lipinski definition) is 2. The quantitative estimate of drug-likeness (QED) is 0.753. The van der Waals surface area contributed by atoms with Gasteiger partial charge in [0, 0.05) is 12.1 Å². The van der Waals surface area contributed by atoms with E-state index in [0.29, 0.717) is 12.1 Å². The molecule has 1 aliphatic heterocycles. The van der Waals surface area contributed by atoms with Crippen molar-refractivity contribution in [1.82, 2.24) is 4.90 Å². The topological polar surface area (TPSA) is 29.5 Å². The maximum absolute atomic E-state index is 12.3. The summed E-state index contributed by atoms with van der Waals surface area (Å²) in [5.41, 5.74) is 0. The SMILES string of the molecule is CCC[C@H]1C[C@@H](C)C[C@@H](CC)N1C(=O)OC(C)C. The lowest BCUT2D eigenvalue weighted by atomic mass is 9.85. The highest BCUT2D eigenvalue weighted by Gasteiger charge is 2.36. The molecule has 0 aromatic heterocycles. The normalized spacial score (nSPS) is 28.6. The van der Waals surface area contributed by atoms with Crippen molar-refractivity contribution in [2.45, 2.75) is 84.9 Å². The van der Waals surface area contributed by atoms with Crippen LogP contribution >= 0.6 is 0 Å². The van der Waals surface area contributed by atoms with E-state index in [-0.39, 0.29) is 12.2 Å². The van der Waals surface area contributed by atoms with Gasteiger partial charge in [-0.1, -0.05) is 27.2 Å². The van der Waals surface area contributed by atoms with E-state index < -0.39 is 0 Å². The van der Waals surface area contributed by atoms with E-state index in [1.165, 1.54) is 0 Å². The van der Waals surface area contributed by atoms with Gasteiger partial charge in [-0.2, -0.15) is 0 Å². The van der Waals surface area contributed by atoms with Gasteiger partial charge in [-0.3, -0.25) is 0 Å². The van der Waals surface area contributed by atoms with Crippen LogP contribution in [0.5, 0.6) is 0 Å². The molecule has 1 rings (SSSR count). The van der Waals surface area contributed by atoms with Crippen molar-refractivity contribution in [1.29, 1.82) is 0 Å². The Labute approximate surface area is 112 Å². The molecule has 1 aliphatic rings. The molecular formula is C15H29NO2. The average Bonchev–Trinajstić information content (AvgIpc) is 2.27. The van der Waals surface area contributed by atoms with Crippen molar-refractivity contribution in [2.24, 2.45) is 5.92 Å². The van der Waals surface area contributed by atoms with Gasteiger partial charge in [-0.15, -0.1) is 0 Å². The molecule has 0 bridgehead atoms. The van der Waals surface area contributed by atoms with Crippen LogP contribution in [-0.2, 0) is 4.74 Å². The second kappa shape index (κ2) is 7.01. The van der Waals surface area contributed by atoms with E-state index >= 15 is 0 Å². The minimum Gasteiger partial charge on any atom is -0.447 e. The zero-order chi connectivity index (χ0) is 13.7. The molecule has 0 aromatic rings. The Morgan fingerprint density at radius 2 is 1.89 bits per heavy atom. The van der Waals surface area contributed by atoms with Crippen molar-refractivity contribution in [3.05, 3.63) is 0 Å². The standard InChI is InChI=1S/C15H29NO2/c1-6-8-14-10-12(5)9-13(7-2)16(14)15(17)18-11(3)4/h11-14H,6-10H2,1-5H3/t12-,13+,14-/m0/s1. The Morgan fingerprint density at radius 3 is 2.39 bits per heavy atom. The van der Waals surface area contributed by atoms with Gasteiger partial charge >= 0.3 is 6.09 Å². The lowest BCUT2D eigenvalue weighted by Gasteiger charge is -2.44. The molecule has 3 atom stereocenters. The van der Waals surface area contributed by atoms with Crippen LogP contribution < -0.4 is 0 Å². The molecule has 1 saturated heterocycles. The summed E-state index contributed by atoms with van der Waals surface area (Å²) in [7, 11) is 0. The molecule has 0 N–H and O–H groups in total. The van der Waals surface area contributed by atoms with E-state index in [4.69, 9.17) is 4.74 Å². The van der Waals surface area contributed by atoms with E-state index in [9.17, 15) is 4.79 Å². The molecule has 0 aliphatic carbocycles. The number of amides is 1. The molecule has 0 spiro atoms. The molecule has 0 aromatic carbocycles. The first-order valence-corrected chi connectivity index (χ1v) is 7.48. The van der Waals surface area contributed by atoms with Crippen LogP contribution in [0, 0.1) is 5.92 Å². The van der Waals surface area contributed by atoms with Gasteiger partial charge in [-0.05, 0) is 45.4 Å². The van der Waals surface area contributed by atoms with Gasteiger partial charge in [0.15, 0.2) is 0 Å². The van der Waals surface area contributed by atoms with Crippen LogP contribution in [0.2, 0.25) is 0 Å². The second-order valence-corrected chi connectivity index (χ2v) is 5.92. The minimum absolute atomic E-state index is 0.0309. The highest BCUT2D eigenvalue weighted by atomic mass is 16.6. The van der Waals surface area contributed by atoms with Gasteiger partial charge in [0.25, 0.3) is 0 Å². The Balaban J connectivity index is 2.80. The maximum atomic E-state index is 12.3. The summed E-state index contributed by atoms with van der Waals surface area (Å²) < 4.78 is 5.42. The third-order valence-corrected chi connectivity index (χ3v) is 3.78. The Bertz CT molecular complexity index is 265. The molecule has 18 heavy (non-hydrogen) atoms. The van der Waals surface area contributed by atoms with Crippen LogP contribution in [0.3, 0.4) is 0 Å². The number of likely N-dealkylation sites (tertiary alicyclic amines) is 1. The van der Waals surface area contributed by atoms with Crippen LogP contribution in [0.25, 0.3) is 0 Å². The average molecular weight is 255 g/mol. The number of hydrogen-bond donors (Lipinski definition) is 0. The van der Waals surface area contributed by atoms with E-state index in [0.717, 1.165) is 38.0 Å². The fourth-order valence-corrected chi connectivity index (χ4v) is 3.06. The van der Waals surface area contributed by atoms with Gasteiger partial charge in [0.05, 0.1) is 6.10 Å². The molecule has 1 heterocycles. The molecule has 3 heteroatoms. The summed E-state index contributed by atoms with van der Waals surface area (Å²) in [4.78, 5) is 14.3. The number of carbonyl (C=O) groups excluding carboxylic acids is 1. The summed E-state index contributed by atoms with van der Waals surface area (Å²) >= 11 is 0. The Hall–Kier alpha value is -0.730. The summed E-state index contributed by atoms with van der Waals surface area (Å²) in [6.07, 6.45) is 5.34. The van der Waals surface area contributed by atoms with Crippen molar-refractivity contribution in [3.63, 3.8) is 0 Å². The predicted molar refractivity (Wildman–Crippen MR) is 74.6 cm³/mol. The van der Waals surface area contributed by atoms with E-state index in [1.54, 1.807) is 0 Å². The van der Waals surface area contributed by atoms with Gasteiger partial charge < -0.3 is 9.64 Å². The first-order valence-electron chi connectivity index (χ1n) is 7.48. The number of nitrogens with zero attached hydrogens (tertiary/aromatic N) is 1. The third kappa shape index (κ3) is 3.89. The van der Waals surface area contributed by atoms with E-state index in [1.807, 2.05) is 18.7 Å². The summed E-state index contributed by atoms with van der Waals surface area (Å²) in [5, 5.41) is 0. The van der Waals surface area contributed by atoms with Gasteiger partial charge in [-0.25, -0.2) is 4.79 Å². The fourth-order valence-electron chi connectivity index (χ4n) is 3.06. The number of rotatable bonds is 4. The molecular weight excluding hydrogens is 226 g/mol. The first kappa shape index (κ1) is 15.3. The number of ether oxygens (including phenoxy) is 1. The van der Waals surface area contributed by atoms with Crippen LogP contribution in [-0.4, -0.2) is 29.2 Å². The summed E-state index contributed by atoms with van der Waals surface area (Å²) in [5.74, 6) is 0.717. The highest BCUT2D eigenvalue weighted by molar-refractivity contribution is 5.68. The molecule has 0 saturated carbocycles. The number of piperidine rings is 1. The van der Waals surface area contributed by atoms with Crippen LogP contribution in [0.1, 0.15) is 66.7 Å². The van der Waals surface area contributed by atoms with Crippen molar-refractivity contribution < 1.29 is 9.53 Å². The van der Waals surface area contributed by atoms with Gasteiger partial charge in [0.2, 0.25) is 0 Å². The summed E-state index contributed by atoms with van der Waals surface area (Å²) in [6, 6.07) is 0.728. The van der Waals surface area contributed by atoms with Crippen molar-refractivity contribution >= 4 is 6.09 Å². The zero-order valence-corrected chi connectivity index (χ0v) is 12.6. The molecule has 0 unspecified atom stereocenters. The Morgan fingerprint density at radius 1 is 1.28 bits per heavy atom. The van der Waals surface area contributed by atoms with Crippen molar-refractivity contribution in [2.75, 3.05) is 0 Å².